The minimum absolute atomic E-state index is 0.116. The Labute approximate surface area is 123 Å². The maximum absolute atomic E-state index is 5.83. The molecule has 1 fully saturated rings. The molecule has 2 unspecified atom stereocenters. The number of likely N-dealkylation sites (N-methyl/N-ethyl adjacent to an activating group) is 1. The average molecular weight is 288 g/mol. The molecule has 0 bridgehead atoms. The quantitative estimate of drug-likeness (QED) is 0.666. The van der Waals surface area contributed by atoms with Crippen LogP contribution in [0, 0.1) is 0 Å². The van der Waals surface area contributed by atoms with Gasteiger partial charge in [0.2, 0.25) is 0 Å². The van der Waals surface area contributed by atoms with E-state index in [2.05, 4.69) is 34.5 Å². The molecular weight excluding hydrogens is 268 g/mol. The van der Waals surface area contributed by atoms with Crippen molar-refractivity contribution in [2.24, 2.45) is 5.84 Å². The van der Waals surface area contributed by atoms with Crippen LogP contribution in [-0.4, -0.2) is 41.0 Å². The number of hydrogen-bond acceptors (Lipinski definition) is 5. The normalized spacial score (nSPS) is 22.0. The van der Waals surface area contributed by atoms with Crippen LogP contribution in [0.1, 0.15) is 11.6 Å². The van der Waals surface area contributed by atoms with Crippen LogP contribution in [0.25, 0.3) is 10.9 Å². The Bertz CT molecular complexity index is 589. The monoisotopic (exact) mass is 288 g/mol. The number of fused-ring (bicyclic) bond motifs is 1. The third kappa shape index (κ3) is 2.67. The van der Waals surface area contributed by atoms with Gasteiger partial charge in [0.15, 0.2) is 0 Å². The van der Waals surface area contributed by atoms with Crippen LogP contribution in [0.2, 0.25) is 0 Å². The summed E-state index contributed by atoms with van der Waals surface area (Å²) in [6.07, 6.45) is 1.94. The molecule has 2 aromatic rings. The summed E-state index contributed by atoms with van der Waals surface area (Å²) < 4.78 is 0. The number of para-hydroxylation sites is 1. The number of hydrogen-bond donors (Lipinski definition) is 2. The Morgan fingerprint density at radius 2 is 2.30 bits per heavy atom. The first kappa shape index (κ1) is 13.8. The van der Waals surface area contributed by atoms with Gasteiger partial charge in [-0.05, 0) is 24.7 Å². The summed E-state index contributed by atoms with van der Waals surface area (Å²) in [7, 11) is 2.17. The van der Waals surface area contributed by atoms with Crippen LogP contribution in [-0.2, 0) is 0 Å². The first-order chi connectivity index (χ1) is 9.79. The smallest absolute Gasteiger partial charge is 0.0702 e. The molecule has 1 aliphatic heterocycles. The van der Waals surface area contributed by atoms with Gasteiger partial charge in [0.25, 0.3) is 0 Å². The average Bonchev–Trinajstić information content (AvgIpc) is 2.50. The van der Waals surface area contributed by atoms with Crippen molar-refractivity contribution in [2.75, 3.05) is 25.1 Å². The molecule has 3 N–H and O–H groups in total. The van der Waals surface area contributed by atoms with E-state index in [0.29, 0.717) is 6.04 Å². The highest BCUT2D eigenvalue weighted by Gasteiger charge is 2.28. The molecule has 0 spiro atoms. The lowest BCUT2D eigenvalue weighted by Gasteiger charge is -2.37. The summed E-state index contributed by atoms with van der Waals surface area (Å²) in [6, 6.07) is 10.9. The van der Waals surface area contributed by atoms with E-state index in [0.717, 1.165) is 28.8 Å². The Hall–Kier alpha value is -1.14. The van der Waals surface area contributed by atoms with Gasteiger partial charge in [-0.25, -0.2) is 0 Å². The van der Waals surface area contributed by atoms with E-state index in [1.54, 1.807) is 0 Å². The zero-order chi connectivity index (χ0) is 13.9. The van der Waals surface area contributed by atoms with Gasteiger partial charge in [-0.3, -0.25) is 21.2 Å². The molecule has 1 aromatic heterocycles. The summed E-state index contributed by atoms with van der Waals surface area (Å²) in [4.78, 5) is 6.93. The minimum atomic E-state index is 0.116. The molecule has 1 aliphatic rings. The van der Waals surface area contributed by atoms with Gasteiger partial charge in [0.05, 0.1) is 11.6 Å². The lowest BCUT2D eigenvalue weighted by Crippen LogP contribution is -2.49. The van der Waals surface area contributed by atoms with Crippen molar-refractivity contribution in [3.63, 3.8) is 0 Å². The minimum Gasteiger partial charge on any atom is -0.300 e. The molecule has 1 saturated heterocycles. The van der Waals surface area contributed by atoms with Crippen molar-refractivity contribution >= 4 is 22.7 Å². The molecule has 2 atom stereocenters. The second-order valence-corrected chi connectivity index (χ2v) is 6.38. The molecule has 0 aliphatic carbocycles. The SMILES string of the molecule is CN1CCSCC1C(NN)c1cnc2ccccc2c1. The Kier molecular flexibility index (Phi) is 4.21. The molecular formula is C15H20N4S. The van der Waals surface area contributed by atoms with E-state index in [1.165, 1.54) is 5.75 Å². The number of nitrogens with one attached hydrogen (secondary N) is 1. The number of nitrogens with zero attached hydrogens (tertiary/aromatic N) is 2. The summed E-state index contributed by atoms with van der Waals surface area (Å²) in [5, 5.41) is 1.16. The maximum Gasteiger partial charge on any atom is 0.0702 e. The third-order valence-electron chi connectivity index (χ3n) is 3.98. The van der Waals surface area contributed by atoms with Gasteiger partial charge in [-0.15, -0.1) is 0 Å². The molecule has 0 saturated carbocycles. The van der Waals surface area contributed by atoms with E-state index in [4.69, 9.17) is 5.84 Å². The van der Waals surface area contributed by atoms with Crippen molar-refractivity contribution in [3.8, 4) is 0 Å². The van der Waals surface area contributed by atoms with Crippen LogP contribution in [0.15, 0.2) is 36.5 Å². The number of benzene rings is 1. The third-order valence-corrected chi connectivity index (χ3v) is 5.03. The van der Waals surface area contributed by atoms with Gasteiger partial charge in [-0.1, -0.05) is 18.2 Å². The topological polar surface area (TPSA) is 54.2 Å². The van der Waals surface area contributed by atoms with E-state index < -0.39 is 0 Å². The van der Waals surface area contributed by atoms with Crippen molar-refractivity contribution in [1.82, 2.24) is 15.3 Å². The van der Waals surface area contributed by atoms with Gasteiger partial charge in [0, 0.05) is 35.7 Å². The number of hydrazine groups is 1. The number of nitrogens with two attached hydrogens (primary N) is 1. The lowest BCUT2D eigenvalue weighted by molar-refractivity contribution is 0.216. The standard InChI is InChI=1S/C15H20N4S/c1-19-6-7-20-10-14(19)15(18-16)12-8-11-4-2-3-5-13(11)17-9-12/h2-5,8-9,14-15,18H,6-7,10,16H2,1H3. The van der Waals surface area contributed by atoms with Gasteiger partial charge >= 0.3 is 0 Å². The van der Waals surface area contributed by atoms with Gasteiger partial charge in [-0.2, -0.15) is 11.8 Å². The summed E-state index contributed by atoms with van der Waals surface area (Å²) in [5.41, 5.74) is 5.17. The van der Waals surface area contributed by atoms with E-state index in [-0.39, 0.29) is 6.04 Å². The largest absolute Gasteiger partial charge is 0.300 e. The van der Waals surface area contributed by atoms with E-state index in [1.807, 2.05) is 36.2 Å². The van der Waals surface area contributed by atoms with Crippen LogP contribution >= 0.6 is 11.8 Å². The Morgan fingerprint density at radius 3 is 3.10 bits per heavy atom. The Morgan fingerprint density at radius 1 is 1.45 bits per heavy atom. The number of aromatic nitrogens is 1. The van der Waals surface area contributed by atoms with E-state index in [9.17, 15) is 0 Å². The molecule has 106 valence electrons. The molecule has 0 radical (unpaired) electrons. The van der Waals surface area contributed by atoms with Crippen molar-refractivity contribution in [1.29, 1.82) is 0 Å². The van der Waals surface area contributed by atoms with Crippen molar-refractivity contribution < 1.29 is 0 Å². The second kappa shape index (κ2) is 6.10. The van der Waals surface area contributed by atoms with E-state index >= 15 is 0 Å². The van der Waals surface area contributed by atoms with Gasteiger partial charge < -0.3 is 0 Å². The predicted octanol–water partition coefficient (Wildman–Crippen LogP) is 1.79. The zero-order valence-electron chi connectivity index (χ0n) is 11.6. The molecule has 3 rings (SSSR count). The lowest BCUT2D eigenvalue weighted by atomic mass is 10.00. The van der Waals surface area contributed by atoms with Crippen LogP contribution < -0.4 is 11.3 Å². The fourth-order valence-corrected chi connectivity index (χ4v) is 4.02. The van der Waals surface area contributed by atoms with Crippen LogP contribution in [0.3, 0.4) is 0 Å². The molecule has 2 heterocycles. The highest BCUT2D eigenvalue weighted by Crippen LogP contribution is 2.27. The molecule has 0 amide bonds. The fourth-order valence-electron chi connectivity index (χ4n) is 2.74. The molecule has 1 aromatic carbocycles. The number of rotatable bonds is 3. The predicted molar refractivity (Wildman–Crippen MR) is 85.6 cm³/mol. The summed E-state index contributed by atoms with van der Waals surface area (Å²) in [5.74, 6) is 8.12. The fraction of sp³-hybridized carbons (Fsp3) is 0.400. The molecule has 20 heavy (non-hydrogen) atoms. The molecule has 5 heteroatoms. The van der Waals surface area contributed by atoms with Gasteiger partial charge in [0.1, 0.15) is 0 Å². The maximum atomic E-state index is 5.83. The summed E-state index contributed by atoms with van der Waals surface area (Å²) in [6.45, 7) is 1.11. The highest BCUT2D eigenvalue weighted by molar-refractivity contribution is 7.99. The first-order valence-electron chi connectivity index (χ1n) is 6.88. The molecule has 4 nitrogen and oxygen atoms in total. The Balaban J connectivity index is 1.93. The van der Waals surface area contributed by atoms with Crippen molar-refractivity contribution in [2.45, 2.75) is 12.1 Å². The van der Waals surface area contributed by atoms with Crippen LogP contribution in [0.5, 0.6) is 0 Å². The summed E-state index contributed by atoms with van der Waals surface area (Å²) >= 11 is 1.99. The number of thioether (sulfide) groups is 1. The number of pyridine rings is 1. The first-order valence-corrected chi connectivity index (χ1v) is 8.04. The second-order valence-electron chi connectivity index (χ2n) is 5.23. The van der Waals surface area contributed by atoms with Crippen LogP contribution in [0.4, 0.5) is 0 Å². The van der Waals surface area contributed by atoms with Crippen molar-refractivity contribution in [3.05, 3.63) is 42.1 Å². The zero-order valence-corrected chi connectivity index (χ0v) is 12.4. The highest BCUT2D eigenvalue weighted by atomic mass is 32.2.